The summed E-state index contributed by atoms with van der Waals surface area (Å²) in [5.74, 6) is 0.731. The van der Waals surface area contributed by atoms with Gasteiger partial charge in [-0.3, -0.25) is 0 Å². The summed E-state index contributed by atoms with van der Waals surface area (Å²) >= 11 is 3.26. The first-order chi connectivity index (χ1) is 27.8. The quantitative estimate of drug-likeness (QED) is 0.184. The second kappa shape index (κ2) is 11.2. The van der Waals surface area contributed by atoms with E-state index in [2.05, 4.69) is 18.2 Å². The van der Waals surface area contributed by atoms with Gasteiger partial charge < -0.3 is 4.42 Å². The van der Waals surface area contributed by atoms with Crippen LogP contribution in [-0.2, 0) is 0 Å². The summed E-state index contributed by atoms with van der Waals surface area (Å²) in [6.07, 6.45) is 0. The predicted octanol–water partition coefficient (Wildman–Crippen LogP) is 13.2. The summed E-state index contributed by atoms with van der Waals surface area (Å²) < 4.78 is 66.3. The van der Waals surface area contributed by atoms with E-state index >= 15 is 0 Å². The Hall–Kier alpha value is -6.21. The van der Waals surface area contributed by atoms with Gasteiger partial charge in [0.2, 0.25) is 0 Å². The molecule has 238 valence electrons. The van der Waals surface area contributed by atoms with Crippen LogP contribution in [-0.4, -0.2) is 15.0 Å². The number of thiophene rings is 2. The Kier molecular flexibility index (Phi) is 5.08. The van der Waals surface area contributed by atoms with Crippen molar-refractivity contribution in [2.24, 2.45) is 0 Å². The molecule has 0 fully saturated rings. The van der Waals surface area contributed by atoms with Gasteiger partial charge in [-0.1, -0.05) is 115 Å². The fourth-order valence-corrected chi connectivity index (χ4v) is 9.29. The third-order valence-corrected chi connectivity index (χ3v) is 11.6. The van der Waals surface area contributed by atoms with E-state index in [4.69, 9.17) is 22.1 Å². The molecular weight excluding hydrogens is 663 g/mol. The van der Waals surface area contributed by atoms with Gasteiger partial charge in [0.1, 0.15) is 11.2 Å². The molecule has 4 heterocycles. The highest BCUT2D eigenvalue weighted by Gasteiger charge is 2.19. The average Bonchev–Trinajstić information content (AvgIpc) is 3.95. The molecule has 6 heteroatoms. The summed E-state index contributed by atoms with van der Waals surface area (Å²) in [6.45, 7) is 0. The van der Waals surface area contributed by atoms with Gasteiger partial charge in [0.15, 0.2) is 17.5 Å². The van der Waals surface area contributed by atoms with Crippen LogP contribution in [0, 0.1) is 0 Å². The Balaban J connectivity index is 1.21. The molecule has 11 rings (SSSR count). The number of hydrogen-bond donors (Lipinski definition) is 0. The maximum atomic E-state index is 9.62. The van der Waals surface area contributed by atoms with Crippen LogP contribution in [0.3, 0.4) is 0 Å². The molecule has 0 atom stereocenters. The van der Waals surface area contributed by atoms with Gasteiger partial charge in [-0.2, -0.15) is 0 Å². The summed E-state index contributed by atoms with van der Waals surface area (Å²) in [4.78, 5) is 14.7. The first kappa shape index (κ1) is 23.2. The van der Waals surface area contributed by atoms with E-state index in [1.54, 1.807) is 22.7 Å². The number of aromatic nitrogens is 3. The van der Waals surface area contributed by atoms with Gasteiger partial charge >= 0.3 is 0 Å². The minimum atomic E-state index is -0.330. The number of rotatable bonds is 4. The fraction of sp³-hybridized carbons (Fsp3) is 0. The van der Waals surface area contributed by atoms with E-state index in [0.717, 1.165) is 45.9 Å². The van der Waals surface area contributed by atoms with Crippen molar-refractivity contribution in [2.75, 3.05) is 0 Å². The lowest BCUT2D eigenvalue weighted by molar-refractivity contribution is 0.670. The van der Waals surface area contributed by atoms with Crippen LogP contribution in [0.2, 0.25) is 0 Å². The lowest BCUT2D eigenvalue weighted by atomic mass is 9.97. The van der Waals surface area contributed by atoms with Gasteiger partial charge in [0, 0.05) is 73.4 Å². The molecule has 0 aliphatic carbocycles. The maximum Gasteiger partial charge on any atom is 0.165 e. The zero-order valence-corrected chi connectivity index (χ0v) is 28.2. The molecular formula is C45H25N3OS2. The van der Waals surface area contributed by atoms with Crippen molar-refractivity contribution >= 4 is 85.0 Å². The van der Waals surface area contributed by atoms with Crippen molar-refractivity contribution < 1.29 is 12.6 Å². The fourth-order valence-electron chi connectivity index (χ4n) is 6.95. The normalized spacial score (nSPS) is 13.6. The van der Waals surface area contributed by atoms with Crippen LogP contribution in [0.15, 0.2) is 156 Å². The predicted molar refractivity (Wildman–Crippen MR) is 215 cm³/mol. The highest BCUT2D eigenvalue weighted by atomic mass is 32.1. The molecule has 0 aliphatic heterocycles. The second-order valence-electron chi connectivity index (χ2n) is 12.2. The molecule has 0 saturated heterocycles. The molecule has 0 radical (unpaired) electrons. The number of nitrogens with zero attached hydrogens (tertiary/aromatic N) is 3. The van der Waals surface area contributed by atoms with E-state index in [0.29, 0.717) is 28.3 Å². The van der Waals surface area contributed by atoms with E-state index < -0.39 is 0 Å². The van der Waals surface area contributed by atoms with E-state index in [1.165, 1.54) is 0 Å². The summed E-state index contributed by atoms with van der Waals surface area (Å²) in [5, 5.41) is 4.25. The van der Waals surface area contributed by atoms with Crippen molar-refractivity contribution in [3.63, 3.8) is 0 Å². The third-order valence-electron chi connectivity index (χ3n) is 9.27. The average molecular weight is 694 g/mol. The topological polar surface area (TPSA) is 51.8 Å². The zero-order valence-electron chi connectivity index (χ0n) is 32.5. The number of hydrogen-bond acceptors (Lipinski definition) is 6. The SMILES string of the molecule is [2H]c1c([2H])c([2H])c2c(oc3c([2H])c(-c4nc(-c5ccccc5)nc(-c5cccc6c5sc5ccccc56)n4)c([2H])c([2H])c32)c1-c1cccc2sc3ccccc3c12. The van der Waals surface area contributed by atoms with Gasteiger partial charge in [0.25, 0.3) is 0 Å². The Morgan fingerprint density at radius 3 is 2.04 bits per heavy atom. The first-order valence-electron chi connectivity index (χ1n) is 19.4. The van der Waals surface area contributed by atoms with Crippen molar-refractivity contribution in [3.05, 3.63) is 152 Å². The first-order valence-corrected chi connectivity index (χ1v) is 18.0. The lowest BCUT2D eigenvalue weighted by Crippen LogP contribution is -2.00. The van der Waals surface area contributed by atoms with Gasteiger partial charge in [-0.15, -0.1) is 22.7 Å². The van der Waals surface area contributed by atoms with Gasteiger partial charge in [-0.25, -0.2) is 15.0 Å². The molecule has 4 nitrogen and oxygen atoms in total. The Labute approximate surface area is 308 Å². The number of benzene rings is 7. The van der Waals surface area contributed by atoms with Gasteiger partial charge in [-0.05, 0) is 41.9 Å². The standard InChI is InChI=1S/C45H25N3OS2/c1-2-11-26(12-3-1)43-46-44(48-45(47-43)35-19-9-18-33-29-13-4-6-20-37(29)51-42(33)35)27-23-24-28-31-16-8-17-32(41(31)49-36(28)25-27)30-15-10-22-39-40(30)34-14-5-7-21-38(34)50-39/h1-25H/i8D,16D,17D,23D,24D,25D. The lowest BCUT2D eigenvalue weighted by Gasteiger charge is -2.09. The molecule has 0 bridgehead atoms. The van der Waals surface area contributed by atoms with Crippen molar-refractivity contribution in [1.29, 1.82) is 0 Å². The number of fused-ring (bicyclic) bond motifs is 9. The summed E-state index contributed by atoms with van der Waals surface area (Å²) in [7, 11) is 0. The van der Waals surface area contributed by atoms with Crippen molar-refractivity contribution in [3.8, 4) is 45.3 Å². The molecule has 4 aromatic heterocycles. The third kappa shape index (κ3) is 4.47. The van der Waals surface area contributed by atoms with Crippen molar-refractivity contribution in [1.82, 2.24) is 15.0 Å². The van der Waals surface area contributed by atoms with Crippen molar-refractivity contribution in [2.45, 2.75) is 0 Å². The second-order valence-corrected chi connectivity index (χ2v) is 14.4. The number of furan rings is 1. The van der Waals surface area contributed by atoms with Crippen LogP contribution in [0.5, 0.6) is 0 Å². The smallest absolute Gasteiger partial charge is 0.165 e. The van der Waals surface area contributed by atoms with E-state index in [1.807, 2.05) is 97.1 Å². The summed E-state index contributed by atoms with van der Waals surface area (Å²) in [5.41, 5.74) is 2.49. The zero-order chi connectivity index (χ0) is 38.7. The molecule has 11 aromatic rings. The molecule has 0 N–H and O–H groups in total. The van der Waals surface area contributed by atoms with Crippen LogP contribution in [0.25, 0.3) is 108 Å². The van der Waals surface area contributed by atoms with Crippen LogP contribution in [0.4, 0.5) is 0 Å². The van der Waals surface area contributed by atoms with Crippen LogP contribution < -0.4 is 0 Å². The van der Waals surface area contributed by atoms with Crippen LogP contribution >= 0.6 is 22.7 Å². The highest BCUT2D eigenvalue weighted by molar-refractivity contribution is 7.26. The Bertz CT molecular complexity index is 3510. The van der Waals surface area contributed by atoms with Crippen LogP contribution in [0.1, 0.15) is 8.22 Å². The van der Waals surface area contributed by atoms with Gasteiger partial charge in [0.05, 0.1) is 8.22 Å². The Morgan fingerprint density at radius 1 is 0.471 bits per heavy atom. The molecule has 0 saturated carbocycles. The molecule has 51 heavy (non-hydrogen) atoms. The molecule has 0 unspecified atom stereocenters. The molecule has 0 aliphatic rings. The molecule has 0 amide bonds. The molecule has 7 aromatic carbocycles. The summed E-state index contributed by atoms with van der Waals surface area (Å²) in [6, 6.07) is 35.8. The maximum absolute atomic E-state index is 9.62. The monoisotopic (exact) mass is 693 g/mol. The van der Waals surface area contributed by atoms with E-state index in [-0.39, 0.29) is 69.6 Å². The Morgan fingerprint density at radius 2 is 1.16 bits per heavy atom. The molecule has 0 spiro atoms. The highest BCUT2D eigenvalue weighted by Crippen LogP contribution is 2.44. The number of para-hydroxylation sites is 1. The minimum absolute atomic E-state index is 0.0212. The minimum Gasteiger partial charge on any atom is -0.455 e. The van der Waals surface area contributed by atoms with E-state index in [9.17, 15) is 5.48 Å². The largest absolute Gasteiger partial charge is 0.455 e.